The molecule has 0 fully saturated rings. The zero-order chi connectivity index (χ0) is 13.8. The number of nitrogens with two attached hydrogens (primary N) is 1. The van der Waals surface area contributed by atoms with Gasteiger partial charge in [0.1, 0.15) is 17.3 Å². The predicted octanol–water partition coefficient (Wildman–Crippen LogP) is 2.82. The second-order valence-corrected chi connectivity index (χ2v) is 4.80. The van der Waals surface area contributed by atoms with Crippen LogP contribution >= 0.6 is 0 Å². The van der Waals surface area contributed by atoms with Crippen LogP contribution in [-0.4, -0.2) is 11.9 Å². The average Bonchev–Trinajstić information content (AvgIpc) is 2.69. The summed E-state index contributed by atoms with van der Waals surface area (Å²) >= 11 is 0. The van der Waals surface area contributed by atoms with Crippen LogP contribution in [0.3, 0.4) is 0 Å². The lowest BCUT2D eigenvalue weighted by atomic mass is 10.2. The first-order valence-electron chi connectivity index (χ1n) is 6.29. The summed E-state index contributed by atoms with van der Waals surface area (Å²) in [4.78, 5) is 2.08. The Balaban J connectivity index is 1.98. The molecule has 0 aliphatic rings. The maximum Gasteiger partial charge on any atom is 0.123 e. The van der Waals surface area contributed by atoms with Crippen LogP contribution in [0.5, 0.6) is 0 Å². The third-order valence-electron chi connectivity index (χ3n) is 3.06. The fraction of sp³-hybridized carbons (Fsp3) is 0.333. The fourth-order valence-corrected chi connectivity index (χ4v) is 2.14. The molecular formula is C15H19FN2O. The van der Waals surface area contributed by atoms with Crippen LogP contribution in [0.25, 0.3) is 0 Å². The lowest BCUT2D eigenvalue weighted by Gasteiger charge is -2.15. The van der Waals surface area contributed by atoms with Gasteiger partial charge in [0.15, 0.2) is 0 Å². The first-order valence-corrected chi connectivity index (χ1v) is 6.29. The Morgan fingerprint density at radius 3 is 2.68 bits per heavy atom. The Hall–Kier alpha value is -1.65. The Morgan fingerprint density at radius 1 is 1.26 bits per heavy atom. The molecular weight excluding hydrogens is 243 g/mol. The summed E-state index contributed by atoms with van der Waals surface area (Å²) in [5.41, 5.74) is 7.60. The van der Waals surface area contributed by atoms with E-state index in [9.17, 15) is 4.39 Å². The third kappa shape index (κ3) is 3.66. The van der Waals surface area contributed by atoms with Gasteiger partial charge in [-0.1, -0.05) is 12.1 Å². The molecule has 0 amide bonds. The van der Waals surface area contributed by atoms with Crippen molar-refractivity contribution in [3.05, 3.63) is 58.8 Å². The highest BCUT2D eigenvalue weighted by Gasteiger charge is 2.09. The van der Waals surface area contributed by atoms with Crippen molar-refractivity contribution in [1.82, 2.24) is 4.90 Å². The molecule has 0 unspecified atom stereocenters. The predicted molar refractivity (Wildman–Crippen MR) is 72.9 cm³/mol. The van der Waals surface area contributed by atoms with E-state index >= 15 is 0 Å². The van der Waals surface area contributed by atoms with Crippen molar-refractivity contribution in [2.75, 3.05) is 7.05 Å². The zero-order valence-electron chi connectivity index (χ0n) is 11.3. The summed E-state index contributed by atoms with van der Waals surface area (Å²) in [6, 6.07) is 8.62. The monoisotopic (exact) mass is 262 g/mol. The topological polar surface area (TPSA) is 42.4 Å². The number of nitrogens with zero attached hydrogens (tertiary/aromatic N) is 1. The lowest BCUT2D eigenvalue weighted by molar-refractivity contribution is 0.285. The normalized spacial score (nSPS) is 11.2. The molecule has 4 heteroatoms. The van der Waals surface area contributed by atoms with Crippen molar-refractivity contribution in [3.63, 3.8) is 0 Å². The summed E-state index contributed by atoms with van der Waals surface area (Å²) < 4.78 is 18.7. The van der Waals surface area contributed by atoms with Gasteiger partial charge >= 0.3 is 0 Å². The zero-order valence-corrected chi connectivity index (χ0v) is 11.3. The van der Waals surface area contributed by atoms with E-state index in [4.69, 9.17) is 10.2 Å². The van der Waals surface area contributed by atoms with E-state index in [-0.39, 0.29) is 5.82 Å². The second-order valence-electron chi connectivity index (χ2n) is 4.80. The number of hydrogen-bond acceptors (Lipinski definition) is 3. The summed E-state index contributed by atoms with van der Waals surface area (Å²) in [6.45, 7) is 3.76. The van der Waals surface area contributed by atoms with Crippen molar-refractivity contribution < 1.29 is 8.81 Å². The van der Waals surface area contributed by atoms with Crippen molar-refractivity contribution in [1.29, 1.82) is 0 Å². The Bertz CT molecular complexity index is 551. The van der Waals surface area contributed by atoms with Gasteiger partial charge in [-0.2, -0.15) is 0 Å². The standard InChI is InChI=1S/C15H19FN2O/c1-11-13(8-17)7-15(19-11)10-18(2)9-12-4-3-5-14(16)6-12/h3-7H,8-10,17H2,1-2H3. The lowest BCUT2D eigenvalue weighted by Crippen LogP contribution is -2.16. The van der Waals surface area contributed by atoms with Crippen molar-refractivity contribution in [2.24, 2.45) is 5.73 Å². The summed E-state index contributed by atoms with van der Waals surface area (Å²) in [7, 11) is 1.98. The summed E-state index contributed by atoms with van der Waals surface area (Å²) in [5, 5.41) is 0. The van der Waals surface area contributed by atoms with Crippen molar-refractivity contribution in [2.45, 2.75) is 26.6 Å². The second kappa shape index (κ2) is 5.99. The number of aryl methyl sites for hydroxylation is 1. The molecule has 102 valence electrons. The molecule has 3 nitrogen and oxygen atoms in total. The van der Waals surface area contributed by atoms with Crippen LogP contribution in [0.15, 0.2) is 34.7 Å². The van der Waals surface area contributed by atoms with E-state index in [1.165, 1.54) is 6.07 Å². The summed E-state index contributed by atoms with van der Waals surface area (Å²) in [6.07, 6.45) is 0. The molecule has 0 saturated carbocycles. The van der Waals surface area contributed by atoms with Crippen molar-refractivity contribution in [3.8, 4) is 0 Å². The smallest absolute Gasteiger partial charge is 0.123 e. The molecule has 2 N–H and O–H groups in total. The Labute approximate surface area is 112 Å². The maximum atomic E-state index is 13.1. The molecule has 1 aromatic carbocycles. The molecule has 0 aliphatic heterocycles. The molecule has 1 aromatic heterocycles. The van der Waals surface area contributed by atoms with Gasteiger partial charge in [-0.15, -0.1) is 0 Å². The largest absolute Gasteiger partial charge is 0.465 e. The van der Waals surface area contributed by atoms with Gasteiger partial charge in [0, 0.05) is 18.7 Å². The fourth-order valence-electron chi connectivity index (χ4n) is 2.14. The highest BCUT2D eigenvalue weighted by molar-refractivity contribution is 5.21. The van der Waals surface area contributed by atoms with Gasteiger partial charge in [0.05, 0.1) is 6.54 Å². The average molecular weight is 262 g/mol. The highest BCUT2D eigenvalue weighted by Crippen LogP contribution is 2.16. The number of benzene rings is 1. The SMILES string of the molecule is Cc1oc(CN(C)Cc2cccc(F)c2)cc1CN. The van der Waals surface area contributed by atoms with Gasteiger partial charge in [-0.3, -0.25) is 4.90 Å². The van der Waals surface area contributed by atoms with Gasteiger partial charge in [0.2, 0.25) is 0 Å². The van der Waals surface area contributed by atoms with Crippen molar-refractivity contribution >= 4 is 0 Å². The van der Waals surface area contributed by atoms with E-state index in [0.29, 0.717) is 19.6 Å². The van der Waals surface area contributed by atoms with Crippen LogP contribution in [-0.2, 0) is 19.6 Å². The van der Waals surface area contributed by atoms with Gasteiger partial charge in [0.25, 0.3) is 0 Å². The van der Waals surface area contributed by atoms with E-state index < -0.39 is 0 Å². The molecule has 2 aromatic rings. The first-order chi connectivity index (χ1) is 9.08. The quantitative estimate of drug-likeness (QED) is 0.901. The van der Waals surface area contributed by atoms with Crippen LogP contribution in [0, 0.1) is 12.7 Å². The molecule has 0 radical (unpaired) electrons. The molecule has 0 saturated heterocycles. The van der Waals surface area contributed by atoms with Gasteiger partial charge < -0.3 is 10.2 Å². The van der Waals surface area contributed by atoms with E-state index in [0.717, 1.165) is 22.6 Å². The first kappa shape index (κ1) is 13.8. The molecule has 0 bridgehead atoms. The minimum absolute atomic E-state index is 0.204. The number of hydrogen-bond donors (Lipinski definition) is 1. The molecule has 2 rings (SSSR count). The van der Waals surface area contributed by atoms with Gasteiger partial charge in [-0.25, -0.2) is 4.39 Å². The highest BCUT2D eigenvalue weighted by atomic mass is 19.1. The van der Waals surface area contributed by atoms with Crippen LogP contribution in [0.1, 0.15) is 22.6 Å². The minimum Gasteiger partial charge on any atom is -0.465 e. The van der Waals surface area contributed by atoms with Crippen LogP contribution in [0.4, 0.5) is 4.39 Å². The molecule has 0 atom stereocenters. The molecule has 19 heavy (non-hydrogen) atoms. The van der Waals surface area contributed by atoms with E-state index in [2.05, 4.69) is 4.90 Å². The maximum absolute atomic E-state index is 13.1. The number of rotatable bonds is 5. The van der Waals surface area contributed by atoms with Crippen LogP contribution in [0.2, 0.25) is 0 Å². The number of halogens is 1. The summed E-state index contributed by atoms with van der Waals surface area (Å²) in [5.74, 6) is 1.55. The van der Waals surface area contributed by atoms with Crippen LogP contribution < -0.4 is 5.73 Å². The number of furan rings is 1. The van der Waals surface area contributed by atoms with Gasteiger partial charge in [-0.05, 0) is 37.7 Å². The van der Waals surface area contributed by atoms with E-state index in [1.54, 1.807) is 12.1 Å². The minimum atomic E-state index is -0.204. The molecule has 1 heterocycles. The Kier molecular flexibility index (Phi) is 4.35. The Morgan fingerprint density at radius 2 is 2.05 bits per heavy atom. The molecule has 0 spiro atoms. The van der Waals surface area contributed by atoms with E-state index in [1.807, 2.05) is 26.1 Å². The third-order valence-corrected chi connectivity index (χ3v) is 3.06. The molecule has 0 aliphatic carbocycles.